The average Bonchev–Trinajstić information content (AvgIpc) is 2.66. The molecule has 130 valence electrons. The van der Waals surface area contributed by atoms with Crippen molar-refractivity contribution >= 4 is 5.97 Å². The average molecular weight is 320 g/mol. The molecule has 3 nitrogen and oxygen atoms in total. The highest BCUT2D eigenvalue weighted by atomic mass is 16.4. The van der Waals surface area contributed by atoms with Gasteiger partial charge in [0.05, 0.1) is 12.0 Å². The number of carboxylic acids is 1. The lowest BCUT2D eigenvalue weighted by Crippen LogP contribution is -2.58. The van der Waals surface area contributed by atoms with Gasteiger partial charge in [-0.3, -0.25) is 4.79 Å². The number of hydrogen-bond acceptors (Lipinski definition) is 2. The topological polar surface area (TPSA) is 57.5 Å². The molecule has 0 aromatic heterocycles. The first-order chi connectivity index (χ1) is 10.8. The van der Waals surface area contributed by atoms with Gasteiger partial charge in [-0.1, -0.05) is 20.8 Å². The number of aliphatic hydroxyl groups excluding tert-OH is 1. The van der Waals surface area contributed by atoms with E-state index >= 15 is 0 Å². The molecular weight excluding hydrogens is 288 g/mol. The van der Waals surface area contributed by atoms with Gasteiger partial charge in [-0.05, 0) is 80.0 Å². The van der Waals surface area contributed by atoms with E-state index in [0.717, 1.165) is 25.7 Å². The fourth-order valence-corrected chi connectivity index (χ4v) is 8.04. The highest BCUT2D eigenvalue weighted by molar-refractivity contribution is 5.70. The van der Waals surface area contributed by atoms with Crippen LogP contribution in [0, 0.1) is 46.3 Å². The van der Waals surface area contributed by atoms with Crippen LogP contribution in [0.1, 0.15) is 65.7 Å². The van der Waals surface area contributed by atoms with E-state index in [1.807, 2.05) is 0 Å². The van der Waals surface area contributed by atoms with Crippen LogP contribution < -0.4 is 0 Å². The molecule has 3 heteroatoms. The molecule has 4 aliphatic carbocycles. The highest BCUT2D eigenvalue weighted by Crippen LogP contribution is 2.71. The maximum atomic E-state index is 11.9. The Morgan fingerprint density at radius 1 is 1.13 bits per heavy atom. The first-order valence-electron chi connectivity index (χ1n) is 9.70. The molecule has 0 radical (unpaired) electrons. The molecule has 0 aromatic rings. The molecule has 0 aromatic carbocycles. The van der Waals surface area contributed by atoms with E-state index in [0.29, 0.717) is 29.6 Å². The smallest absolute Gasteiger partial charge is 0.306 e. The minimum Gasteiger partial charge on any atom is -0.481 e. The number of rotatable bonds is 1. The number of fused-ring (bicyclic) bond motifs is 3. The van der Waals surface area contributed by atoms with Gasteiger partial charge in [-0.2, -0.15) is 0 Å². The van der Waals surface area contributed by atoms with Gasteiger partial charge in [0.2, 0.25) is 0 Å². The zero-order chi connectivity index (χ0) is 16.6. The Labute approximate surface area is 139 Å². The number of hydrogen-bond donors (Lipinski definition) is 2. The lowest BCUT2D eigenvalue weighted by atomic mass is 9.42. The Morgan fingerprint density at radius 2 is 1.87 bits per heavy atom. The van der Waals surface area contributed by atoms with E-state index in [2.05, 4.69) is 20.8 Å². The second-order valence-corrected chi connectivity index (χ2v) is 9.77. The molecule has 0 amide bonds. The molecule has 1 spiro atoms. The number of aliphatic carboxylic acids is 1. The van der Waals surface area contributed by atoms with Crippen molar-refractivity contribution in [1.82, 2.24) is 0 Å². The third-order valence-electron chi connectivity index (χ3n) is 8.80. The van der Waals surface area contributed by atoms with Crippen molar-refractivity contribution in [3.63, 3.8) is 0 Å². The van der Waals surface area contributed by atoms with E-state index in [1.54, 1.807) is 0 Å². The first kappa shape index (κ1) is 15.9. The summed E-state index contributed by atoms with van der Waals surface area (Å²) in [5, 5.41) is 20.9. The van der Waals surface area contributed by atoms with E-state index in [4.69, 9.17) is 0 Å². The van der Waals surface area contributed by atoms with Gasteiger partial charge in [0.1, 0.15) is 0 Å². The summed E-state index contributed by atoms with van der Waals surface area (Å²) >= 11 is 0. The molecule has 4 fully saturated rings. The van der Waals surface area contributed by atoms with Crippen LogP contribution in [0.3, 0.4) is 0 Å². The Morgan fingerprint density at radius 3 is 2.57 bits per heavy atom. The van der Waals surface area contributed by atoms with Crippen LogP contribution in [0.25, 0.3) is 0 Å². The van der Waals surface area contributed by atoms with Gasteiger partial charge in [0.15, 0.2) is 0 Å². The molecule has 9 atom stereocenters. The maximum absolute atomic E-state index is 11.9. The lowest BCUT2D eigenvalue weighted by molar-refractivity contribution is -0.178. The zero-order valence-corrected chi connectivity index (χ0v) is 14.8. The summed E-state index contributed by atoms with van der Waals surface area (Å²) in [6.07, 6.45) is 7.52. The molecular formula is C20H32O3. The Hall–Kier alpha value is -0.570. The normalized spacial score (nSPS) is 58.3. The fraction of sp³-hybridized carbons (Fsp3) is 0.950. The molecule has 0 saturated heterocycles. The predicted molar refractivity (Wildman–Crippen MR) is 88.8 cm³/mol. The molecule has 0 heterocycles. The quantitative estimate of drug-likeness (QED) is 0.769. The van der Waals surface area contributed by atoms with Crippen molar-refractivity contribution in [3.8, 4) is 0 Å². The summed E-state index contributed by atoms with van der Waals surface area (Å²) in [5.74, 6) is 1.68. The summed E-state index contributed by atoms with van der Waals surface area (Å²) in [5.41, 5.74) is 0.197. The minimum absolute atomic E-state index is 0.0910. The summed E-state index contributed by atoms with van der Waals surface area (Å²) in [4.78, 5) is 11.9. The summed E-state index contributed by atoms with van der Waals surface area (Å²) in [7, 11) is 0. The maximum Gasteiger partial charge on any atom is 0.306 e. The second kappa shape index (κ2) is 4.97. The van der Waals surface area contributed by atoms with Crippen molar-refractivity contribution < 1.29 is 15.0 Å². The van der Waals surface area contributed by atoms with Crippen molar-refractivity contribution in [2.45, 2.75) is 71.8 Å². The molecule has 0 aliphatic heterocycles. The van der Waals surface area contributed by atoms with Crippen LogP contribution in [-0.4, -0.2) is 22.3 Å². The zero-order valence-electron chi connectivity index (χ0n) is 14.8. The predicted octanol–water partition coefficient (Wildman–Crippen LogP) is 3.95. The largest absolute Gasteiger partial charge is 0.481 e. The van der Waals surface area contributed by atoms with E-state index < -0.39 is 5.97 Å². The van der Waals surface area contributed by atoms with Crippen molar-refractivity contribution in [1.29, 1.82) is 0 Å². The van der Waals surface area contributed by atoms with Crippen molar-refractivity contribution in [2.24, 2.45) is 46.3 Å². The van der Waals surface area contributed by atoms with Crippen LogP contribution >= 0.6 is 0 Å². The standard InChI is InChI=1S/C20H32O3/c1-11-8-14(18(22)23)15-6-7-20-10-13(12(2)17(20)21)4-5-16(20)19(15,3)9-11/h11-17,21H,4-10H2,1-3H3,(H,22,23)/t11?,12?,13?,14?,15?,16?,17-,19?,20?/m0/s1. The molecule has 23 heavy (non-hydrogen) atoms. The summed E-state index contributed by atoms with van der Waals surface area (Å²) in [6.45, 7) is 6.85. The SMILES string of the molecule is CC1CC(C(=O)O)C2CCC34CC(CCC3C2(C)C1)C(C)[C@@H]4O. The van der Waals surface area contributed by atoms with Gasteiger partial charge >= 0.3 is 5.97 Å². The Kier molecular flexibility index (Phi) is 3.44. The van der Waals surface area contributed by atoms with Gasteiger partial charge in [0, 0.05) is 5.41 Å². The van der Waals surface area contributed by atoms with E-state index in [1.165, 1.54) is 19.3 Å². The molecule has 8 unspecified atom stereocenters. The number of carboxylic acid groups (broad SMARTS) is 1. The lowest BCUT2D eigenvalue weighted by Gasteiger charge is -2.62. The summed E-state index contributed by atoms with van der Waals surface area (Å²) < 4.78 is 0. The van der Waals surface area contributed by atoms with Crippen molar-refractivity contribution in [3.05, 3.63) is 0 Å². The van der Waals surface area contributed by atoms with Gasteiger partial charge in [-0.25, -0.2) is 0 Å². The molecule has 2 N–H and O–H groups in total. The van der Waals surface area contributed by atoms with Gasteiger partial charge < -0.3 is 10.2 Å². The van der Waals surface area contributed by atoms with Crippen LogP contribution in [0.2, 0.25) is 0 Å². The van der Waals surface area contributed by atoms with Gasteiger partial charge in [0.25, 0.3) is 0 Å². The van der Waals surface area contributed by atoms with Gasteiger partial charge in [-0.15, -0.1) is 0 Å². The fourth-order valence-electron chi connectivity index (χ4n) is 8.04. The monoisotopic (exact) mass is 320 g/mol. The minimum atomic E-state index is -0.585. The van der Waals surface area contributed by atoms with E-state index in [9.17, 15) is 15.0 Å². The van der Waals surface area contributed by atoms with Crippen LogP contribution in [0.15, 0.2) is 0 Å². The molecule has 2 bridgehead atoms. The first-order valence-corrected chi connectivity index (χ1v) is 9.70. The second-order valence-electron chi connectivity index (χ2n) is 9.77. The third kappa shape index (κ3) is 1.95. The Bertz CT molecular complexity index is 517. The van der Waals surface area contributed by atoms with Crippen LogP contribution in [0.4, 0.5) is 0 Å². The Balaban J connectivity index is 1.74. The number of aliphatic hydroxyl groups is 1. The number of carbonyl (C=O) groups is 1. The van der Waals surface area contributed by atoms with E-state index in [-0.39, 0.29) is 22.9 Å². The molecule has 4 rings (SSSR count). The van der Waals surface area contributed by atoms with Crippen molar-refractivity contribution in [2.75, 3.05) is 0 Å². The van der Waals surface area contributed by atoms with Crippen LogP contribution in [-0.2, 0) is 4.79 Å². The van der Waals surface area contributed by atoms with Crippen LogP contribution in [0.5, 0.6) is 0 Å². The summed E-state index contributed by atoms with van der Waals surface area (Å²) in [6, 6.07) is 0. The molecule has 4 saturated carbocycles. The third-order valence-corrected chi connectivity index (χ3v) is 8.80. The molecule has 4 aliphatic rings. The highest BCUT2D eigenvalue weighted by Gasteiger charge is 2.66.